The predicted molar refractivity (Wildman–Crippen MR) is 153 cm³/mol. The summed E-state index contributed by atoms with van der Waals surface area (Å²) in [5.41, 5.74) is -1.57. The molecule has 0 amide bonds. The zero-order chi connectivity index (χ0) is 29.6. The Morgan fingerprint density at radius 2 is 1.98 bits per heavy atom. The average Bonchev–Trinajstić information content (AvgIpc) is 3.76. The minimum absolute atomic E-state index is 0.0628. The van der Waals surface area contributed by atoms with E-state index in [9.17, 15) is 14.3 Å². The zero-order valence-corrected chi connectivity index (χ0v) is 23.9. The fourth-order valence-electron chi connectivity index (χ4n) is 5.35. The highest BCUT2D eigenvalue weighted by molar-refractivity contribution is 6.37. The lowest BCUT2D eigenvalue weighted by Crippen LogP contribution is -2.46. The minimum atomic E-state index is -0.972. The largest absolute Gasteiger partial charge is 0.468 e. The molecule has 1 aliphatic carbocycles. The molecule has 0 bridgehead atoms. The first-order valence-corrected chi connectivity index (χ1v) is 14.0. The molecule has 0 unspecified atom stereocenters. The highest BCUT2D eigenvalue weighted by atomic mass is 35.5. The second-order valence-corrected chi connectivity index (χ2v) is 11.7. The van der Waals surface area contributed by atoms with Crippen molar-refractivity contribution in [2.75, 3.05) is 38.5 Å². The number of aliphatic hydroxyl groups is 1. The maximum Gasteiger partial charge on any atom is 0.319 e. The van der Waals surface area contributed by atoms with Gasteiger partial charge in [0, 0.05) is 37.3 Å². The molecule has 1 saturated heterocycles. The lowest BCUT2D eigenvalue weighted by Gasteiger charge is -2.37. The molecule has 4 aromatic rings. The molecule has 12 heteroatoms. The van der Waals surface area contributed by atoms with Crippen LogP contribution in [0.5, 0.6) is 11.8 Å². The van der Waals surface area contributed by atoms with Gasteiger partial charge in [-0.2, -0.15) is 9.97 Å². The summed E-state index contributed by atoms with van der Waals surface area (Å²) in [4.78, 5) is 26.8. The highest BCUT2D eigenvalue weighted by Gasteiger charge is 2.44. The molecule has 42 heavy (non-hydrogen) atoms. The van der Waals surface area contributed by atoms with Crippen molar-refractivity contribution in [2.45, 2.75) is 38.2 Å². The van der Waals surface area contributed by atoms with Gasteiger partial charge in [-0.05, 0) is 56.2 Å². The number of anilines is 1. The van der Waals surface area contributed by atoms with Crippen LogP contribution in [-0.4, -0.2) is 65.5 Å². The molecule has 9 nitrogen and oxygen atoms in total. The SMILES string of the molecule is COCOc1cc(-c2ncc3c(N4CCC[C@@](C)(O)C4)nc(OCC4(C=O)CC4)nc3c2F)c2c(Cl)c(F)ccc2c1. The standard InChI is InChI=1S/C30H29ClF2N4O5/c1-29(39)6-3-9-37(13-29)27-20-12-34-25(24(33)26(20)35-28(36-27)41-15-30(14-38)7-8-30)19-11-18(42-16-40-2)10-17-4-5-21(32)23(31)22(17)19/h4-5,10-12,14,39H,3,6-9,13,15-16H2,1-2H3/t29-/m1/s1. The van der Waals surface area contributed by atoms with Gasteiger partial charge in [0.05, 0.1) is 21.4 Å². The Kier molecular flexibility index (Phi) is 7.36. The molecule has 1 atom stereocenters. The number of carbonyl (C=O) groups excluding carboxylic acids is 1. The van der Waals surface area contributed by atoms with Crippen molar-refractivity contribution in [1.29, 1.82) is 0 Å². The molecule has 220 valence electrons. The molecule has 2 aromatic carbocycles. The maximum atomic E-state index is 16.6. The number of benzene rings is 2. The summed E-state index contributed by atoms with van der Waals surface area (Å²) in [6.45, 7) is 2.58. The van der Waals surface area contributed by atoms with E-state index in [0.29, 0.717) is 54.6 Å². The van der Waals surface area contributed by atoms with Crippen molar-refractivity contribution >= 4 is 45.4 Å². The second kappa shape index (κ2) is 10.9. The summed E-state index contributed by atoms with van der Waals surface area (Å²) >= 11 is 6.40. The zero-order valence-electron chi connectivity index (χ0n) is 23.1. The number of pyridine rings is 1. The van der Waals surface area contributed by atoms with Crippen LogP contribution in [-0.2, 0) is 9.53 Å². The first-order valence-electron chi connectivity index (χ1n) is 13.6. The van der Waals surface area contributed by atoms with E-state index in [1.807, 2.05) is 4.90 Å². The van der Waals surface area contributed by atoms with E-state index in [0.717, 1.165) is 6.29 Å². The number of hydrogen-bond acceptors (Lipinski definition) is 9. The van der Waals surface area contributed by atoms with Gasteiger partial charge in [0.2, 0.25) is 0 Å². The van der Waals surface area contributed by atoms with Crippen molar-refractivity contribution in [3.05, 3.63) is 47.1 Å². The first kappa shape index (κ1) is 28.4. The number of ether oxygens (including phenoxy) is 3. The minimum Gasteiger partial charge on any atom is -0.468 e. The fraction of sp³-hybridized carbons (Fsp3) is 0.400. The van der Waals surface area contributed by atoms with Crippen molar-refractivity contribution < 1.29 is 32.9 Å². The molecule has 2 aromatic heterocycles. The molecule has 1 saturated carbocycles. The third-order valence-electron chi connectivity index (χ3n) is 7.83. The smallest absolute Gasteiger partial charge is 0.319 e. The molecule has 0 radical (unpaired) electrons. The fourth-order valence-corrected chi connectivity index (χ4v) is 5.62. The van der Waals surface area contributed by atoms with Crippen LogP contribution in [0, 0.1) is 17.0 Å². The average molecular weight is 599 g/mol. The number of β-amino-alcohol motifs (C(OH)–C–C–N with tert-alkyl or cyclic N) is 1. The van der Waals surface area contributed by atoms with Crippen LogP contribution in [0.25, 0.3) is 32.9 Å². The van der Waals surface area contributed by atoms with Gasteiger partial charge in [-0.1, -0.05) is 17.7 Å². The van der Waals surface area contributed by atoms with Gasteiger partial charge in [0.25, 0.3) is 0 Å². The van der Waals surface area contributed by atoms with Crippen molar-refractivity contribution in [1.82, 2.24) is 15.0 Å². The molecule has 2 fully saturated rings. The second-order valence-electron chi connectivity index (χ2n) is 11.3. The number of nitrogens with zero attached hydrogens (tertiary/aromatic N) is 4. The van der Waals surface area contributed by atoms with Crippen molar-refractivity contribution in [3.63, 3.8) is 0 Å². The van der Waals surface area contributed by atoms with Crippen LogP contribution in [0.1, 0.15) is 32.6 Å². The van der Waals surface area contributed by atoms with Crippen molar-refractivity contribution in [2.24, 2.45) is 5.41 Å². The van der Waals surface area contributed by atoms with Crippen LogP contribution in [0.2, 0.25) is 5.02 Å². The molecular weight excluding hydrogens is 570 g/mol. The number of aromatic nitrogens is 3. The molecule has 0 spiro atoms. The van der Waals surface area contributed by atoms with Gasteiger partial charge in [0.1, 0.15) is 41.5 Å². The number of carbonyl (C=O) groups is 1. The summed E-state index contributed by atoms with van der Waals surface area (Å²) < 4.78 is 47.7. The maximum absolute atomic E-state index is 16.6. The third kappa shape index (κ3) is 5.32. The third-order valence-corrected chi connectivity index (χ3v) is 8.20. The van der Waals surface area contributed by atoms with Crippen LogP contribution in [0.4, 0.5) is 14.6 Å². The van der Waals surface area contributed by atoms with Gasteiger partial charge in [0.15, 0.2) is 12.6 Å². The van der Waals surface area contributed by atoms with Gasteiger partial charge >= 0.3 is 6.01 Å². The number of piperidine rings is 1. The van der Waals surface area contributed by atoms with E-state index in [-0.39, 0.29) is 53.1 Å². The Bertz CT molecular complexity index is 1700. The topological polar surface area (TPSA) is 107 Å². The van der Waals surface area contributed by atoms with Gasteiger partial charge in [-0.15, -0.1) is 0 Å². The van der Waals surface area contributed by atoms with E-state index < -0.39 is 22.7 Å². The summed E-state index contributed by atoms with van der Waals surface area (Å²) in [5, 5.41) is 11.7. The van der Waals surface area contributed by atoms with E-state index in [2.05, 4.69) is 15.0 Å². The summed E-state index contributed by atoms with van der Waals surface area (Å²) in [7, 11) is 1.47. The Balaban J connectivity index is 1.54. The van der Waals surface area contributed by atoms with Crippen LogP contribution in [0.3, 0.4) is 0 Å². The number of methoxy groups -OCH3 is 1. The number of aldehydes is 1. The Morgan fingerprint density at radius 3 is 2.69 bits per heavy atom. The normalized spacial score (nSPS) is 19.7. The number of halogens is 3. The summed E-state index contributed by atoms with van der Waals surface area (Å²) in [6, 6.07) is 5.82. The van der Waals surface area contributed by atoms with Gasteiger partial charge in [-0.3, -0.25) is 4.98 Å². The monoisotopic (exact) mass is 598 g/mol. The summed E-state index contributed by atoms with van der Waals surface area (Å²) in [5.74, 6) is -0.768. The highest BCUT2D eigenvalue weighted by Crippen LogP contribution is 2.44. The van der Waals surface area contributed by atoms with Crippen LogP contribution < -0.4 is 14.4 Å². The first-order chi connectivity index (χ1) is 20.1. The molecule has 6 rings (SSSR count). The lowest BCUT2D eigenvalue weighted by molar-refractivity contribution is -0.113. The Morgan fingerprint density at radius 1 is 1.17 bits per heavy atom. The lowest BCUT2D eigenvalue weighted by atomic mass is 9.95. The molecule has 1 aliphatic heterocycles. The van der Waals surface area contributed by atoms with E-state index in [4.69, 9.17) is 25.8 Å². The quantitative estimate of drug-likeness (QED) is 0.198. The predicted octanol–water partition coefficient (Wildman–Crippen LogP) is 5.47. The Labute approximate surface area is 245 Å². The molecular formula is C30H29ClF2N4O5. The number of rotatable bonds is 9. The van der Waals surface area contributed by atoms with E-state index in [1.54, 1.807) is 13.0 Å². The summed E-state index contributed by atoms with van der Waals surface area (Å²) in [6.07, 6.45) is 5.01. The molecule has 2 aliphatic rings. The van der Waals surface area contributed by atoms with Crippen LogP contribution in [0.15, 0.2) is 30.5 Å². The number of hydrogen-bond donors (Lipinski definition) is 1. The number of fused-ring (bicyclic) bond motifs is 2. The van der Waals surface area contributed by atoms with Gasteiger partial charge < -0.3 is 29.0 Å². The van der Waals surface area contributed by atoms with E-state index in [1.165, 1.54) is 31.5 Å². The van der Waals surface area contributed by atoms with Crippen LogP contribution >= 0.6 is 11.6 Å². The molecule has 3 heterocycles. The van der Waals surface area contributed by atoms with E-state index >= 15 is 4.39 Å². The molecule has 1 N–H and O–H groups in total. The van der Waals surface area contributed by atoms with Gasteiger partial charge in [-0.25, -0.2) is 8.78 Å². The Hall–Kier alpha value is -3.67. The van der Waals surface area contributed by atoms with Crippen molar-refractivity contribution in [3.8, 4) is 23.0 Å².